The SMILES string of the molecule is Cn1c(=O)n(-c2ccc([C@@H]3CC3(NC(=O)c3ccc(NS(=O)(=O)c4ccccn4)cc3F)C(=O)OC3CCCCC3)nc2)c(=O)c2ccncc21. The number of sulfonamides is 1. The van der Waals surface area contributed by atoms with Crippen LogP contribution in [0.15, 0.2) is 94.0 Å². The predicted octanol–water partition coefficient (Wildman–Crippen LogP) is 3.35. The summed E-state index contributed by atoms with van der Waals surface area (Å²) >= 11 is 0. The number of rotatable bonds is 9. The second-order valence-electron chi connectivity index (χ2n) is 12.6. The lowest BCUT2D eigenvalue weighted by molar-refractivity contribution is -0.154. The molecular formula is C35H32FN7O7S. The number of fused-ring (bicyclic) bond motifs is 1. The number of anilines is 1. The Labute approximate surface area is 290 Å². The Balaban J connectivity index is 1.15. The minimum absolute atomic E-state index is 0.102. The van der Waals surface area contributed by atoms with E-state index < -0.39 is 56.0 Å². The Hall–Kier alpha value is -5.77. The van der Waals surface area contributed by atoms with Gasteiger partial charge in [0, 0.05) is 31.1 Å². The van der Waals surface area contributed by atoms with Crippen LogP contribution in [0.3, 0.4) is 0 Å². The molecule has 0 saturated heterocycles. The van der Waals surface area contributed by atoms with Gasteiger partial charge < -0.3 is 10.1 Å². The molecule has 262 valence electrons. The van der Waals surface area contributed by atoms with Gasteiger partial charge >= 0.3 is 11.7 Å². The summed E-state index contributed by atoms with van der Waals surface area (Å²) in [6, 6.07) is 12.1. The average molecular weight is 714 g/mol. The van der Waals surface area contributed by atoms with Crippen LogP contribution < -0.4 is 21.3 Å². The fourth-order valence-corrected chi connectivity index (χ4v) is 7.48. The third-order valence-electron chi connectivity index (χ3n) is 9.33. The molecule has 2 aliphatic carbocycles. The summed E-state index contributed by atoms with van der Waals surface area (Å²) in [5, 5.41) is 2.71. The summed E-state index contributed by atoms with van der Waals surface area (Å²) in [4.78, 5) is 66.0. The first-order valence-corrected chi connectivity index (χ1v) is 17.8. The number of amides is 1. The summed E-state index contributed by atoms with van der Waals surface area (Å²) in [5.41, 5.74) is -2.32. The number of carbonyl (C=O) groups excluding carboxylic acids is 2. The van der Waals surface area contributed by atoms with Crippen LogP contribution in [0.25, 0.3) is 16.6 Å². The molecule has 1 amide bonds. The van der Waals surface area contributed by atoms with Gasteiger partial charge in [0.2, 0.25) is 0 Å². The molecule has 2 saturated carbocycles. The van der Waals surface area contributed by atoms with Gasteiger partial charge in [0.05, 0.1) is 40.2 Å². The maximum atomic E-state index is 15.4. The molecule has 2 aliphatic rings. The molecule has 0 aliphatic heterocycles. The average Bonchev–Trinajstić information content (AvgIpc) is 3.86. The van der Waals surface area contributed by atoms with Gasteiger partial charge in [-0.25, -0.2) is 23.5 Å². The van der Waals surface area contributed by atoms with E-state index in [1.807, 2.05) is 0 Å². The van der Waals surface area contributed by atoms with Crippen molar-refractivity contribution in [2.45, 2.75) is 61.1 Å². The quantitative estimate of drug-likeness (QED) is 0.215. The molecule has 2 fully saturated rings. The molecule has 0 radical (unpaired) electrons. The standard InChI is InChI=1S/C35H32FN7O7S/c1-42-29-20-37-16-14-25(29)32(45)43(34(42)47)22-11-13-28(39-19-22)26-18-35(26,33(46)50-23-7-3-2-4-8-23)40-31(44)24-12-10-21(17-27(24)36)41-51(48,49)30-9-5-6-15-38-30/h5-6,9-17,19-20,23,26,41H,2-4,7-8,18H2,1H3,(H,40,44)/t26-,35?/m0/s1. The number of nitrogens with zero attached hydrogens (tertiary/aromatic N) is 5. The van der Waals surface area contributed by atoms with Gasteiger partial charge in [0.25, 0.3) is 21.5 Å². The molecule has 0 spiro atoms. The van der Waals surface area contributed by atoms with Crippen LogP contribution >= 0.6 is 0 Å². The van der Waals surface area contributed by atoms with Gasteiger partial charge in [-0.15, -0.1) is 0 Å². The first-order chi connectivity index (χ1) is 24.5. The molecule has 2 N–H and O–H groups in total. The van der Waals surface area contributed by atoms with Gasteiger partial charge in [-0.05, 0) is 80.6 Å². The number of esters is 1. The van der Waals surface area contributed by atoms with E-state index in [0.717, 1.165) is 36.0 Å². The van der Waals surface area contributed by atoms with Crippen molar-refractivity contribution in [2.75, 3.05) is 4.72 Å². The van der Waals surface area contributed by atoms with Crippen LogP contribution in [0.2, 0.25) is 0 Å². The number of benzene rings is 1. The summed E-state index contributed by atoms with van der Waals surface area (Å²) in [6.45, 7) is 0. The van der Waals surface area contributed by atoms with Crippen molar-refractivity contribution in [1.29, 1.82) is 0 Å². The highest BCUT2D eigenvalue weighted by Gasteiger charge is 2.64. The fraction of sp³-hybridized carbons (Fsp3) is 0.286. The van der Waals surface area contributed by atoms with E-state index in [9.17, 15) is 27.6 Å². The molecular weight excluding hydrogens is 681 g/mol. The molecule has 16 heteroatoms. The maximum Gasteiger partial charge on any atom is 0.335 e. The second kappa shape index (κ2) is 13.2. The Morgan fingerprint density at radius 2 is 1.78 bits per heavy atom. The Kier molecular flexibility index (Phi) is 8.70. The smallest absolute Gasteiger partial charge is 0.335 e. The van der Waals surface area contributed by atoms with E-state index in [1.54, 1.807) is 12.1 Å². The highest BCUT2D eigenvalue weighted by molar-refractivity contribution is 7.92. The van der Waals surface area contributed by atoms with Crippen LogP contribution in [-0.2, 0) is 26.6 Å². The monoisotopic (exact) mass is 713 g/mol. The number of carbonyl (C=O) groups is 2. The van der Waals surface area contributed by atoms with E-state index in [0.29, 0.717) is 24.1 Å². The summed E-state index contributed by atoms with van der Waals surface area (Å²) in [5.74, 6) is -3.28. The molecule has 14 nitrogen and oxygen atoms in total. The Morgan fingerprint density at radius 1 is 0.980 bits per heavy atom. The minimum Gasteiger partial charge on any atom is -0.461 e. The predicted molar refractivity (Wildman–Crippen MR) is 182 cm³/mol. The van der Waals surface area contributed by atoms with Crippen molar-refractivity contribution >= 4 is 38.5 Å². The van der Waals surface area contributed by atoms with Gasteiger partial charge in [-0.3, -0.25) is 28.8 Å². The van der Waals surface area contributed by atoms with Crippen molar-refractivity contribution < 1.29 is 27.1 Å². The first-order valence-electron chi connectivity index (χ1n) is 16.3. The number of nitrogens with one attached hydrogen (secondary N) is 2. The van der Waals surface area contributed by atoms with Crippen LogP contribution in [0.1, 0.15) is 60.5 Å². The molecule has 5 aromatic rings. The minimum atomic E-state index is -4.12. The lowest BCUT2D eigenvalue weighted by Crippen LogP contribution is -2.47. The fourth-order valence-electron chi connectivity index (χ4n) is 6.48. The molecule has 4 aromatic heterocycles. The van der Waals surface area contributed by atoms with Crippen LogP contribution in [0.4, 0.5) is 10.1 Å². The lowest BCUT2D eigenvalue weighted by atomic mass is 9.97. The van der Waals surface area contributed by atoms with Crippen LogP contribution in [0, 0.1) is 5.82 Å². The summed E-state index contributed by atoms with van der Waals surface area (Å²) in [7, 11) is -2.59. The van der Waals surface area contributed by atoms with Crippen LogP contribution in [-0.4, -0.2) is 56.0 Å². The van der Waals surface area contributed by atoms with Crippen molar-refractivity contribution in [3.8, 4) is 5.69 Å². The summed E-state index contributed by atoms with van der Waals surface area (Å²) in [6.07, 6.45) is 9.50. The maximum absolute atomic E-state index is 15.4. The number of ether oxygens (including phenoxy) is 1. The van der Waals surface area contributed by atoms with Gasteiger partial charge in [-0.1, -0.05) is 12.5 Å². The molecule has 1 aromatic carbocycles. The number of pyridine rings is 3. The topological polar surface area (TPSA) is 184 Å². The normalized spacial score (nSPS) is 19.0. The first kappa shape index (κ1) is 33.7. The van der Waals surface area contributed by atoms with Crippen LogP contribution in [0.5, 0.6) is 0 Å². The van der Waals surface area contributed by atoms with E-state index in [-0.39, 0.29) is 34.3 Å². The van der Waals surface area contributed by atoms with Crippen molar-refractivity contribution in [1.82, 2.24) is 29.4 Å². The number of aryl methyl sites for hydroxylation is 1. The second-order valence-corrected chi connectivity index (χ2v) is 14.3. The Morgan fingerprint density at radius 3 is 2.49 bits per heavy atom. The highest BCUT2D eigenvalue weighted by atomic mass is 32.2. The van der Waals surface area contributed by atoms with E-state index in [4.69, 9.17) is 4.74 Å². The third kappa shape index (κ3) is 6.38. The highest BCUT2D eigenvalue weighted by Crippen LogP contribution is 2.52. The van der Waals surface area contributed by atoms with Gasteiger partial charge in [0.15, 0.2) is 5.03 Å². The number of hydrogen-bond donors (Lipinski definition) is 2. The zero-order chi connectivity index (χ0) is 35.9. The summed E-state index contributed by atoms with van der Waals surface area (Å²) < 4.78 is 51.1. The molecule has 1 unspecified atom stereocenters. The van der Waals surface area contributed by atoms with Gasteiger partial charge in [0.1, 0.15) is 17.5 Å². The number of hydrogen-bond acceptors (Lipinski definition) is 10. The number of aromatic nitrogens is 5. The molecule has 2 atom stereocenters. The largest absolute Gasteiger partial charge is 0.461 e. The zero-order valence-electron chi connectivity index (χ0n) is 27.3. The van der Waals surface area contributed by atoms with Gasteiger partial charge in [-0.2, -0.15) is 8.42 Å². The van der Waals surface area contributed by atoms with E-state index in [1.165, 1.54) is 66.7 Å². The molecule has 0 bridgehead atoms. The molecule has 4 heterocycles. The molecule has 51 heavy (non-hydrogen) atoms. The third-order valence-corrected chi connectivity index (χ3v) is 10.6. The van der Waals surface area contributed by atoms with Crippen molar-refractivity contribution in [2.24, 2.45) is 7.05 Å². The lowest BCUT2D eigenvalue weighted by Gasteiger charge is -2.26. The van der Waals surface area contributed by atoms with E-state index in [2.05, 4.69) is 25.0 Å². The Bertz CT molecular complexity index is 2400. The number of halogens is 1. The van der Waals surface area contributed by atoms with Crippen molar-refractivity contribution in [3.05, 3.63) is 117 Å². The molecule has 7 rings (SSSR count). The van der Waals surface area contributed by atoms with E-state index >= 15 is 4.39 Å². The zero-order valence-corrected chi connectivity index (χ0v) is 28.1. The van der Waals surface area contributed by atoms with Crippen molar-refractivity contribution in [3.63, 3.8) is 0 Å².